The molecule has 0 radical (unpaired) electrons. The van der Waals surface area contributed by atoms with Crippen LogP contribution in [0.3, 0.4) is 0 Å². The molecule has 5 heteroatoms. The van der Waals surface area contributed by atoms with Crippen LogP contribution in [0.15, 0.2) is 145 Å². The smallest absolute Gasteiger partial charge is 0.238 e. The van der Waals surface area contributed by atoms with E-state index in [9.17, 15) is 0 Å². The van der Waals surface area contributed by atoms with Crippen LogP contribution >= 0.6 is 11.3 Å². The van der Waals surface area contributed by atoms with Gasteiger partial charge in [0.25, 0.3) is 0 Å². The second kappa shape index (κ2) is 9.97. The third kappa shape index (κ3) is 3.94. The normalized spacial score (nSPS) is 13.2. The Labute approximate surface area is 264 Å². The molecule has 0 N–H and O–H groups in total. The monoisotopic (exact) mass is 585 g/mol. The summed E-state index contributed by atoms with van der Waals surface area (Å²) in [6.45, 7) is 0. The first-order chi connectivity index (χ1) is 23.9. The summed E-state index contributed by atoms with van der Waals surface area (Å²) in [5.74, 6) is 1.60. The first-order valence-corrected chi connectivity index (χ1v) is 15.0. The summed E-state index contributed by atoms with van der Waals surface area (Å²) in [5.41, 5.74) is 4.49. The highest BCUT2D eigenvalue weighted by molar-refractivity contribution is 7.26. The number of hydrogen-bond donors (Lipinski definition) is 0. The van der Waals surface area contributed by atoms with E-state index < -0.39 is 6.04 Å². The van der Waals surface area contributed by atoms with Crippen LogP contribution in [0.5, 0.6) is 0 Å². The molecule has 0 saturated carbocycles. The molecule has 0 spiro atoms. The van der Waals surface area contributed by atoms with Crippen molar-refractivity contribution in [3.8, 4) is 39.9 Å². The van der Waals surface area contributed by atoms with Crippen molar-refractivity contribution in [1.29, 1.82) is 0 Å². The Morgan fingerprint density at radius 1 is 0.523 bits per heavy atom. The fraction of sp³-hybridized carbons (Fsp3) is 0. The Morgan fingerprint density at radius 2 is 1.18 bits per heavy atom. The van der Waals surface area contributed by atoms with Crippen molar-refractivity contribution >= 4 is 53.3 Å². The fourth-order valence-corrected chi connectivity index (χ4v) is 7.23. The van der Waals surface area contributed by atoms with Crippen LogP contribution < -0.4 is 0 Å². The Morgan fingerprint density at radius 3 is 1.93 bits per heavy atom. The van der Waals surface area contributed by atoms with E-state index in [1.54, 1.807) is 0 Å². The molecule has 0 atom stereocenters. The van der Waals surface area contributed by atoms with E-state index in [-0.39, 0.29) is 29.7 Å². The lowest BCUT2D eigenvalue weighted by Gasteiger charge is -2.11. The summed E-state index contributed by atoms with van der Waals surface area (Å²) < 4.78 is 45.6. The summed E-state index contributed by atoms with van der Waals surface area (Å²) in [7, 11) is 0. The highest BCUT2D eigenvalue weighted by Crippen LogP contribution is 2.41. The molecule has 9 aromatic rings. The zero-order valence-corrected chi connectivity index (χ0v) is 24.0. The average molecular weight is 586 g/mol. The fourth-order valence-electron chi connectivity index (χ4n) is 5.97. The van der Waals surface area contributed by atoms with Gasteiger partial charge in [-0.05, 0) is 29.3 Å². The lowest BCUT2D eigenvalue weighted by atomic mass is 10.0. The molecular weight excluding hydrogens is 557 g/mol. The van der Waals surface area contributed by atoms with Gasteiger partial charge in [0.2, 0.25) is 5.95 Å². The van der Waals surface area contributed by atoms with E-state index in [4.69, 9.17) is 21.8 Å². The van der Waals surface area contributed by atoms with Gasteiger partial charge in [0.15, 0.2) is 11.6 Å². The number of nitrogens with zero attached hydrogens (tertiary/aromatic N) is 4. The molecule has 0 saturated heterocycles. The standard InChI is InChI=1S/C39H24N4S/c1-3-12-25(13-4-1)28-18-11-19-32-31-23-22-27(24-35(31)44-36(28)32)38-40-37(26-14-5-2-6-15-26)41-39(42-38)43-33-20-9-7-16-29(33)30-17-8-10-21-34(30)43/h1-24H/i1D,3D,4D,12D,13D. The van der Waals surface area contributed by atoms with E-state index in [1.165, 1.54) is 11.3 Å². The summed E-state index contributed by atoms with van der Waals surface area (Å²) >= 11 is 1.52. The summed E-state index contributed by atoms with van der Waals surface area (Å²) in [6.07, 6.45) is 0. The molecule has 0 aliphatic carbocycles. The second-order valence-electron chi connectivity index (χ2n) is 10.5. The van der Waals surface area contributed by atoms with Gasteiger partial charge in [-0.1, -0.05) is 127 Å². The molecule has 0 fully saturated rings. The number of fused-ring (bicyclic) bond motifs is 6. The van der Waals surface area contributed by atoms with Gasteiger partial charge >= 0.3 is 0 Å². The van der Waals surface area contributed by atoms with E-state index >= 15 is 0 Å². The molecule has 4 nitrogen and oxygen atoms in total. The predicted molar refractivity (Wildman–Crippen MR) is 183 cm³/mol. The van der Waals surface area contributed by atoms with Crippen molar-refractivity contribution in [3.63, 3.8) is 0 Å². The van der Waals surface area contributed by atoms with E-state index in [0.29, 0.717) is 23.2 Å². The largest absolute Gasteiger partial charge is 0.278 e. The number of thiophene rings is 1. The number of benzene rings is 6. The van der Waals surface area contributed by atoms with Gasteiger partial charge in [-0.2, -0.15) is 9.97 Å². The zero-order valence-electron chi connectivity index (χ0n) is 28.2. The Balaban J connectivity index is 1.27. The van der Waals surface area contributed by atoms with Crippen LogP contribution in [0, 0.1) is 0 Å². The van der Waals surface area contributed by atoms with Gasteiger partial charge in [0.05, 0.1) is 17.9 Å². The summed E-state index contributed by atoms with van der Waals surface area (Å²) in [6, 6.07) is 36.7. The van der Waals surface area contributed by atoms with Crippen LogP contribution in [0.4, 0.5) is 0 Å². The topological polar surface area (TPSA) is 43.6 Å². The highest BCUT2D eigenvalue weighted by Gasteiger charge is 2.18. The molecule has 0 aliphatic rings. The van der Waals surface area contributed by atoms with Crippen LogP contribution in [-0.4, -0.2) is 19.5 Å². The lowest BCUT2D eigenvalue weighted by Crippen LogP contribution is -2.06. The average Bonchev–Trinajstić information content (AvgIpc) is 3.69. The van der Waals surface area contributed by atoms with Gasteiger partial charge in [-0.3, -0.25) is 4.57 Å². The minimum Gasteiger partial charge on any atom is -0.278 e. The van der Waals surface area contributed by atoms with Gasteiger partial charge in [0.1, 0.15) is 0 Å². The zero-order chi connectivity index (χ0) is 33.4. The summed E-state index contributed by atoms with van der Waals surface area (Å²) in [5, 5.41) is 4.17. The quantitative estimate of drug-likeness (QED) is 0.206. The number of rotatable bonds is 4. The molecule has 6 aromatic carbocycles. The highest BCUT2D eigenvalue weighted by atomic mass is 32.1. The number of para-hydroxylation sites is 2. The van der Waals surface area contributed by atoms with Gasteiger partial charge in [-0.15, -0.1) is 11.3 Å². The Kier molecular flexibility index (Phi) is 4.60. The van der Waals surface area contributed by atoms with Crippen molar-refractivity contribution in [1.82, 2.24) is 19.5 Å². The Bertz CT molecular complexity index is 2710. The third-order valence-corrected chi connectivity index (χ3v) is 9.16. The maximum Gasteiger partial charge on any atom is 0.238 e. The van der Waals surface area contributed by atoms with Crippen LogP contribution in [-0.2, 0) is 0 Å². The van der Waals surface area contributed by atoms with Crippen LogP contribution in [0.25, 0.3) is 81.8 Å². The van der Waals surface area contributed by atoms with E-state index in [0.717, 1.165) is 53.1 Å². The molecule has 3 aromatic heterocycles. The molecule has 3 heterocycles. The van der Waals surface area contributed by atoms with Crippen molar-refractivity contribution < 1.29 is 6.85 Å². The minimum absolute atomic E-state index is 0.198. The van der Waals surface area contributed by atoms with Gasteiger partial charge in [0, 0.05) is 42.1 Å². The predicted octanol–water partition coefficient (Wildman–Crippen LogP) is 10.3. The molecule has 9 rings (SSSR count). The minimum atomic E-state index is -0.403. The molecule has 0 unspecified atom stereocenters. The maximum atomic E-state index is 8.61. The van der Waals surface area contributed by atoms with Crippen molar-refractivity contribution in [2.24, 2.45) is 0 Å². The first-order valence-electron chi connectivity index (χ1n) is 16.7. The molecule has 44 heavy (non-hydrogen) atoms. The van der Waals surface area contributed by atoms with Gasteiger partial charge < -0.3 is 0 Å². The summed E-state index contributed by atoms with van der Waals surface area (Å²) in [4.78, 5) is 15.1. The maximum absolute atomic E-state index is 8.61. The van der Waals surface area contributed by atoms with Crippen molar-refractivity contribution in [2.75, 3.05) is 0 Å². The molecular formula is C39H24N4S. The van der Waals surface area contributed by atoms with E-state index in [1.807, 2.05) is 84.9 Å². The molecule has 0 bridgehead atoms. The van der Waals surface area contributed by atoms with E-state index in [2.05, 4.69) is 34.9 Å². The van der Waals surface area contributed by atoms with Crippen LogP contribution in [0.1, 0.15) is 6.85 Å². The third-order valence-electron chi connectivity index (χ3n) is 7.96. The number of hydrogen-bond acceptors (Lipinski definition) is 4. The second-order valence-corrected chi connectivity index (χ2v) is 11.6. The lowest BCUT2D eigenvalue weighted by molar-refractivity contribution is 0.954. The SMILES string of the molecule is [2H]c1c([2H])c([2H])c(-c2cccc3c2sc2cc(-c4nc(-c5ccccc5)nc(-n5c6ccccc6c6ccccc65)n4)ccc23)c([2H])c1[2H]. The number of aromatic nitrogens is 4. The van der Waals surface area contributed by atoms with Crippen molar-refractivity contribution in [3.05, 3.63) is 145 Å². The first kappa shape index (κ1) is 20.3. The van der Waals surface area contributed by atoms with Crippen LogP contribution in [0.2, 0.25) is 0 Å². The van der Waals surface area contributed by atoms with Gasteiger partial charge in [-0.25, -0.2) is 4.98 Å². The van der Waals surface area contributed by atoms with Crippen molar-refractivity contribution in [2.45, 2.75) is 0 Å². The Hall–Kier alpha value is -5.65. The molecule has 206 valence electrons. The molecule has 0 aliphatic heterocycles. The molecule has 0 amide bonds.